The van der Waals surface area contributed by atoms with Crippen molar-refractivity contribution in [2.75, 3.05) is 43.3 Å². The molecule has 3 aromatic rings. The number of fused-ring (bicyclic) bond motifs is 2. The van der Waals surface area contributed by atoms with Gasteiger partial charge in [0.05, 0.1) is 42.5 Å². The molecule has 0 bridgehead atoms. The van der Waals surface area contributed by atoms with E-state index in [4.69, 9.17) is 15.2 Å². The van der Waals surface area contributed by atoms with Crippen molar-refractivity contribution < 1.29 is 23.8 Å². The second-order valence-electron chi connectivity index (χ2n) is 8.45. The number of rotatable bonds is 8. The highest BCUT2D eigenvalue weighted by molar-refractivity contribution is 6.03. The molecule has 0 unspecified atom stereocenters. The Morgan fingerprint density at radius 3 is 2.79 bits per heavy atom. The number of methoxy groups -OCH3 is 2. The van der Waals surface area contributed by atoms with Gasteiger partial charge in [-0.15, -0.1) is 0 Å². The third-order valence-electron chi connectivity index (χ3n) is 6.32. The van der Waals surface area contributed by atoms with Gasteiger partial charge in [-0.1, -0.05) is 0 Å². The standard InChI is InChI=1S/C22H25FN6O5/c1-33-6-5-25-21-11-7-28(9-13(11)26-27-21)18-15(23)16(24)14-17(20(18)34-2)29(10-3-4-10)8-12(19(14)30)22(31)32/h8,10H,3-7,9,24H2,1-2H3,(H,31,32)(H2,25,26,27). The maximum Gasteiger partial charge on any atom is 0.341 e. The predicted molar refractivity (Wildman–Crippen MR) is 123 cm³/mol. The molecule has 5 rings (SSSR count). The Labute approximate surface area is 193 Å². The fourth-order valence-corrected chi connectivity index (χ4v) is 4.55. The first-order valence-electron chi connectivity index (χ1n) is 10.9. The number of carboxylic acid groups (broad SMARTS) is 1. The molecule has 12 heteroatoms. The number of hydrogen-bond acceptors (Lipinski definition) is 8. The molecule has 0 atom stereocenters. The number of nitrogens with two attached hydrogens (primary N) is 1. The van der Waals surface area contributed by atoms with Crippen molar-refractivity contribution in [3.8, 4) is 5.75 Å². The SMILES string of the molecule is COCCNc1n[nH]c2c1CN(c1c(F)c(N)c3c(=O)c(C(=O)O)cn(C4CC4)c3c1OC)C2. The molecule has 11 nitrogen and oxygen atoms in total. The maximum absolute atomic E-state index is 15.8. The third-order valence-corrected chi connectivity index (χ3v) is 6.32. The first kappa shape index (κ1) is 22.0. The van der Waals surface area contributed by atoms with Gasteiger partial charge in [0.15, 0.2) is 17.4 Å². The van der Waals surface area contributed by atoms with E-state index >= 15 is 4.39 Å². The minimum absolute atomic E-state index is 0.0140. The van der Waals surface area contributed by atoms with Gasteiger partial charge >= 0.3 is 5.97 Å². The van der Waals surface area contributed by atoms with E-state index in [9.17, 15) is 14.7 Å². The lowest BCUT2D eigenvalue weighted by Gasteiger charge is -2.25. The van der Waals surface area contributed by atoms with E-state index in [-0.39, 0.29) is 28.6 Å². The Balaban J connectivity index is 1.66. The van der Waals surface area contributed by atoms with E-state index < -0.39 is 22.8 Å². The highest BCUT2D eigenvalue weighted by atomic mass is 19.1. The van der Waals surface area contributed by atoms with Crippen molar-refractivity contribution in [3.63, 3.8) is 0 Å². The molecule has 1 fully saturated rings. The van der Waals surface area contributed by atoms with Crippen LogP contribution in [0.15, 0.2) is 11.0 Å². The monoisotopic (exact) mass is 472 g/mol. The minimum Gasteiger partial charge on any atom is -0.492 e. The van der Waals surface area contributed by atoms with Gasteiger partial charge in [0.25, 0.3) is 0 Å². The fraction of sp³-hybridized carbons (Fsp3) is 0.409. The zero-order valence-corrected chi connectivity index (χ0v) is 18.8. The van der Waals surface area contributed by atoms with Crippen LogP contribution in [0.1, 0.15) is 40.5 Å². The zero-order chi connectivity index (χ0) is 24.1. The van der Waals surface area contributed by atoms with Gasteiger partial charge in [-0.2, -0.15) is 5.10 Å². The molecule has 5 N–H and O–H groups in total. The second-order valence-corrected chi connectivity index (χ2v) is 8.45. The molecule has 3 heterocycles. The number of nitrogens with one attached hydrogen (secondary N) is 2. The molecule has 0 amide bonds. The quantitative estimate of drug-likeness (QED) is 0.286. The van der Waals surface area contributed by atoms with E-state index in [1.165, 1.54) is 13.3 Å². The average molecular weight is 472 g/mol. The molecule has 0 radical (unpaired) electrons. The van der Waals surface area contributed by atoms with Crippen LogP contribution < -0.4 is 26.1 Å². The largest absolute Gasteiger partial charge is 0.492 e. The van der Waals surface area contributed by atoms with Crippen molar-refractivity contribution in [2.45, 2.75) is 32.0 Å². The third kappa shape index (κ3) is 3.33. The lowest BCUT2D eigenvalue weighted by Crippen LogP contribution is -2.24. The van der Waals surface area contributed by atoms with Gasteiger partial charge < -0.3 is 35.1 Å². The summed E-state index contributed by atoms with van der Waals surface area (Å²) in [4.78, 5) is 26.5. The van der Waals surface area contributed by atoms with Crippen LogP contribution in [-0.4, -0.2) is 53.2 Å². The van der Waals surface area contributed by atoms with Crippen molar-refractivity contribution in [2.24, 2.45) is 0 Å². The van der Waals surface area contributed by atoms with Crippen LogP contribution in [0.4, 0.5) is 21.6 Å². The summed E-state index contributed by atoms with van der Waals surface area (Å²) in [6, 6.07) is -0.0140. The van der Waals surface area contributed by atoms with Gasteiger partial charge in [-0.25, -0.2) is 9.18 Å². The molecule has 1 aromatic carbocycles. The lowest BCUT2D eigenvalue weighted by molar-refractivity contribution is 0.0695. The maximum atomic E-state index is 15.8. The summed E-state index contributed by atoms with van der Waals surface area (Å²) in [5.41, 5.74) is 6.62. The van der Waals surface area contributed by atoms with E-state index in [1.807, 2.05) is 0 Å². The van der Waals surface area contributed by atoms with Crippen molar-refractivity contribution in [1.82, 2.24) is 14.8 Å². The summed E-state index contributed by atoms with van der Waals surface area (Å²) < 4.78 is 28.2. The highest BCUT2D eigenvalue weighted by Gasteiger charge is 2.35. The first-order valence-corrected chi connectivity index (χ1v) is 10.9. The van der Waals surface area contributed by atoms with Crippen molar-refractivity contribution in [3.05, 3.63) is 39.1 Å². The second kappa shape index (κ2) is 8.20. The molecule has 1 saturated carbocycles. The number of aromatic carboxylic acids is 1. The van der Waals surface area contributed by atoms with Crippen LogP contribution in [0.25, 0.3) is 10.9 Å². The Kier molecular flexibility index (Phi) is 5.31. The summed E-state index contributed by atoms with van der Waals surface area (Å²) >= 11 is 0. The van der Waals surface area contributed by atoms with Gasteiger partial charge in [0.2, 0.25) is 5.43 Å². The normalized spacial score (nSPS) is 15.1. The number of benzene rings is 1. The number of aromatic amines is 1. The summed E-state index contributed by atoms with van der Waals surface area (Å²) in [7, 11) is 3.01. The minimum atomic E-state index is -1.39. The van der Waals surface area contributed by atoms with Crippen LogP contribution in [0.5, 0.6) is 5.75 Å². The summed E-state index contributed by atoms with van der Waals surface area (Å²) in [6.45, 7) is 1.73. The molecular formula is C22H25FN6O5. The number of anilines is 3. The molecule has 0 saturated heterocycles. The topological polar surface area (TPSA) is 148 Å². The summed E-state index contributed by atoms with van der Waals surface area (Å²) in [6.07, 6.45) is 2.93. The molecule has 0 spiro atoms. The molecule has 34 heavy (non-hydrogen) atoms. The van der Waals surface area contributed by atoms with Crippen LogP contribution in [0.3, 0.4) is 0 Å². The van der Waals surface area contributed by atoms with E-state index in [1.54, 1.807) is 16.6 Å². The molecule has 2 aliphatic rings. The number of halogens is 1. The smallest absolute Gasteiger partial charge is 0.341 e. The number of ether oxygens (including phenoxy) is 2. The Bertz CT molecular complexity index is 1360. The van der Waals surface area contributed by atoms with Crippen LogP contribution >= 0.6 is 0 Å². The van der Waals surface area contributed by atoms with Crippen molar-refractivity contribution >= 4 is 34.1 Å². The Morgan fingerprint density at radius 1 is 1.38 bits per heavy atom. The number of nitrogen functional groups attached to an aromatic ring is 1. The number of hydrogen-bond donors (Lipinski definition) is 4. The fourth-order valence-electron chi connectivity index (χ4n) is 4.55. The first-order chi connectivity index (χ1) is 16.4. The molecule has 180 valence electrons. The highest BCUT2D eigenvalue weighted by Crippen LogP contribution is 2.47. The number of carboxylic acids is 1. The van der Waals surface area contributed by atoms with Gasteiger partial charge in [0, 0.05) is 38.0 Å². The Morgan fingerprint density at radius 2 is 2.15 bits per heavy atom. The van der Waals surface area contributed by atoms with Gasteiger partial charge in [0.1, 0.15) is 11.3 Å². The number of aromatic nitrogens is 3. The zero-order valence-electron chi connectivity index (χ0n) is 18.8. The van der Waals surface area contributed by atoms with Crippen molar-refractivity contribution in [1.29, 1.82) is 0 Å². The lowest BCUT2D eigenvalue weighted by atomic mass is 10.1. The average Bonchev–Trinajstić information content (AvgIpc) is 3.46. The number of nitrogens with zero attached hydrogens (tertiary/aromatic N) is 3. The van der Waals surface area contributed by atoms with Crippen LogP contribution in [0.2, 0.25) is 0 Å². The molecule has 2 aromatic heterocycles. The van der Waals surface area contributed by atoms with Gasteiger partial charge in [-0.05, 0) is 12.8 Å². The molecule has 1 aliphatic heterocycles. The van der Waals surface area contributed by atoms with E-state index in [2.05, 4.69) is 15.5 Å². The number of pyridine rings is 1. The summed E-state index contributed by atoms with van der Waals surface area (Å²) in [5, 5.41) is 19.8. The van der Waals surface area contributed by atoms with Gasteiger partial charge in [-0.3, -0.25) is 9.89 Å². The number of H-pyrrole nitrogens is 1. The molecule has 1 aliphatic carbocycles. The molecular weight excluding hydrogens is 447 g/mol. The van der Waals surface area contributed by atoms with E-state index in [0.717, 1.165) is 24.1 Å². The van der Waals surface area contributed by atoms with Crippen LogP contribution in [-0.2, 0) is 17.8 Å². The van der Waals surface area contributed by atoms with E-state index in [0.29, 0.717) is 37.6 Å². The Hall–Kier alpha value is -3.80. The summed E-state index contributed by atoms with van der Waals surface area (Å²) in [5.74, 6) is -1.40. The number of carbonyl (C=O) groups is 1. The van der Waals surface area contributed by atoms with Crippen LogP contribution in [0, 0.1) is 5.82 Å². The predicted octanol–water partition coefficient (Wildman–Crippen LogP) is 2.07.